The molecule has 2 aromatic carbocycles. The second-order valence-electron chi connectivity index (χ2n) is 5.81. The maximum absolute atomic E-state index is 12.6. The van der Waals surface area contributed by atoms with Crippen molar-refractivity contribution in [2.45, 2.75) is 6.42 Å². The Balaban J connectivity index is 1.79. The first-order valence-electron chi connectivity index (χ1n) is 8.24. The molecule has 1 fully saturated rings. The van der Waals surface area contributed by atoms with E-state index in [0.29, 0.717) is 40.0 Å². The number of amides is 2. The SMILES string of the molecule is COc1cc(/C=C2\SC(=O)N(CCc3ccccc3)C2=O)cc(Cl)c1OC. The van der Waals surface area contributed by atoms with Crippen LogP contribution in [0.4, 0.5) is 4.79 Å². The van der Waals surface area contributed by atoms with E-state index in [-0.39, 0.29) is 11.1 Å². The fourth-order valence-corrected chi connectivity index (χ4v) is 3.91. The molecule has 0 bridgehead atoms. The summed E-state index contributed by atoms with van der Waals surface area (Å²) in [6.45, 7) is 0.346. The van der Waals surface area contributed by atoms with Crippen LogP contribution in [0.5, 0.6) is 11.5 Å². The third kappa shape index (κ3) is 4.28. The van der Waals surface area contributed by atoms with E-state index in [9.17, 15) is 9.59 Å². The summed E-state index contributed by atoms with van der Waals surface area (Å²) in [4.78, 5) is 26.5. The Labute approximate surface area is 166 Å². The van der Waals surface area contributed by atoms with Crippen LogP contribution >= 0.6 is 23.4 Å². The number of imide groups is 1. The number of thioether (sulfide) groups is 1. The standard InChI is InChI=1S/C20H18ClNO4S/c1-25-16-11-14(10-15(21)18(16)26-2)12-17-19(23)22(20(24)27-17)9-8-13-6-4-3-5-7-13/h3-7,10-12H,8-9H2,1-2H3/b17-12-. The number of methoxy groups -OCH3 is 2. The van der Waals surface area contributed by atoms with Crippen LogP contribution in [0.15, 0.2) is 47.4 Å². The van der Waals surface area contributed by atoms with Crippen molar-refractivity contribution in [3.05, 3.63) is 63.5 Å². The maximum Gasteiger partial charge on any atom is 0.293 e. The fourth-order valence-electron chi connectivity index (χ4n) is 2.75. The van der Waals surface area contributed by atoms with Crippen molar-refractivity contribution in [1.82, 2.24) is 4.90 Å². The lowest BCUT2D eigenvalue weighted by Crippen LogP contribution is -2.30. The molecule has 3 rings (SSSR count). The van der Waals surface area contributed by atoms with Gasteiger partial charge >= 0.3 is 0 Å². The van der Waals surface area contributed by atoms with E-state index in [0.717, 1.165) is 17.3 Å². The number of carbonyl (C=O) groups excluding carboxylic acids is 2. The summed E-state index contributed by atoms with van der Waals surface area (Å²) in [7, 11) is 3.01. The summed E-state index contributed by atoms with van der Waals surface area (Å²) in [5.74, 6) is 0.582. The fraction of sp³-hybridized carbons (Fsp3) is 0.200. The van der Waals surface area contributed by atoms with Gasteiger partial charge in [-0.2, -0.15) is 0 Å². The van der Waals surface area contributed by atoms with Gasteiger partial charge in [0.05, 0.1) is 24.1 Å². The largest absolute Gasteiger partial charge is 0.493 e. The molecule has 1 saturated heterocycles. The quantitative estimate of drug-likeness (QED) is 0.658. The molecule has 0 saturated carbocycles. The molecule has 0 radical (unpaired) electrons. The zero-order valence-electron chi connectivity index (χ0n) is 14.9. The van der Waals surface area contributed by atoms with Gasteiger partial charge < -0.3 is 9.47 Å². The second kappa shape index (κ2) is 8.50. The van der Waals surface area contributed by atoms with Gasteiger partial charge in [-0.05, 0) is 47.5 Å². The average Bonchev–Trinajstić information content (AvgIpc) is 2.93. The number of nitrogens with zero attached hydrogens (tertiary/aromatic N) is 1. The van der Waals surface area contributed by atoms with Crippen LogP contribution < -0.4 is 9.47 Å². The number of rotatable bonds is 6. The Bertz CT molecular complexity index is 898. The molecule has 2 aromatic rings. The summed E-state index contributed by atoms with van der Waals surface area (Å²) in [6.07, 6.45) is 2.26. The normalized spacial score (nSPS) is 15.5. The molecule has 0 atom stereocenters. The third-order valence-electron chi connectivity index (χ3n) is 4.09. The first-order valence-corrected chi connectivity index (χ1v) is 9.43. The number of hydrogen-bond donors (Lipinski definition) is 0. The lowest BCUT2D eigenvalue weighted by molar-refractivity contribution is -0.122. The van der Waals surface area contributed by atoms with Crippen molar-refractivity contribution >= 4 is 40.6 Å². The molecule has 1 aliphatic rings. The van der Waals surface area contributed by atoms with Gasteiger partial charge in [0.15, 0.2) is 11.5 Å². The summed E-state index contributed by atoms with van der Waals surface area (Å²) in [6, 6.07) is 13.1. The molecule has 27 heavy (non-hydrogen) atoms. The van der Waals surface area contributed by atoms with Crippen molar-refractivity contribution < 1.29 is 19.1 Å². The van der Waals surface area contributed by atoms with Gasteiger partial charge in [0, 0.05) is 6.54 Å². The molecule has 0 aromatic heterocycles. The molecule has 0 N–H and O–H groups in total. The van der Waals surface area contributed by atoms with Crippen molar-refractivity contribution in [3.8, 4) is 11.5 Å². The first-order chi connectivity index (χ1) is 13.0. The van der Waals surface area contributed by atoms with Crippen LogP contribution in [0.25, 0.3) is 6.08 Å². The molecule has 0 unspecified atom stereocenters. The molecule has 2 amide bonds. The van der Waals surface area contributed by atoms with Crippen LogP contribution in [0.1, 0.15) is 11.1 Å². The van der Waals surface area contributed by atoms with Gasteiger partial charge in [0.25, 0.3) is 11.1 Å². The number of carbonyl (C=O) groups is 2. The molecule has 0 aliphatic carbocycles. The van der Waals surface area contributed by atoms with E-state index in [1.807, 2.05) is 30.3 Å². The molecule has 0 spiro atoms. The minimum Gasteiger partial charge on any atom is -0.493 e. The number of benzene rings is 2. The summed E-state index contributed by atoms with van der Waals surface area (Å²) in [5, 5.41) is 0.0974. The van der Waals surface area contributed by atoms with Crippen LogP contribution in [-0.4, -0.2) is 36.8 Å². The smallest absolute Gasteiger partial charge is 0.293 e. The molecular weight excluding hydrogens is 386 g/mol. The Morgan fingerprint density at radius 1 is 1.11 bits per heavy atom. The Kier molecular flexibility index (Phi) is 6.08. The summed E-state index contributed by atoms with van der Waals surface area (Å²) < 4.78 is 10.5. The Morgan fingerprint density at radius 3 is 2.52 bits per heavy atom. The molecule has 140 valence electrons. The van der Waals surface area contributed by atoms with Gasteiger partial charge in [-0.15, -0.1) is 0 Å². The topological polar surface area (TPSA) is 55.8 Å². The predicted molar refractivity (Wildman–Crippen MR) is 107 cm³/mol. The van der Waals surface area contributed by atoms with E-state index in [1.54, 1.807) is 18.2 Å². The van der Waals surface area contributed by atoms with Gasteiger partial charge in [-0.25, -0.2) is 0 Å². The van der Waals surface area contributed by atoms with Crippen LogP contribution in [-0.2, 0) is 11.2 Å². The lowest BCUT2D eigenvalue weighted by atomic mass is 10.1. The van der Waals surface area contributed by atoms with E-state index >= 15 is 0 Å². The highest BCUT2D eigenvalue weighted by Gasteiger charge is 2.34. The van der Waals surface area contributed by atoms with Gasteiger partial charge in [-0.1, -0.05) is 41.9 Å². The second-order valence-corrected chi connectivity index (χ2v) is 7.21. The highest BCUT2D eigenvalue weighted by atomic mass is 35.5. The molecule has 5 nitrogen and oxygen atoms in total. The summed E-state index contributed by atoms with van der Waals surface area (Å²) >= 11 is 7.13. The van der Waals surface area contributed by atoms with Crippen molar-refractivity contribution in [2.24, 2.45) is 0 Å². The van der Waals surface area contributed by atoms with Crippen LogP contribution in [0.2, 0.25) is 5.02 Å². The monoisotopic (exact) mass is 403 g/mol. The highest BCUT2D eigenvalue weighted by Crippen LogP contribution is 2.38. The molecule has 1 aliphatic heterocycles. The van der Waals surface area contributed by atoms with Gasteiger partial charge in [-0.3, -0.25) is 14.5 Å². The van der Waals surface area contributed by atoms with E-state index < -0.39 is 0 Å². The number of halogens is 1. The number of ether oxygens (including phenoxy) is 2. The van der Waals surface area contributed by atoms with Crippen molar-refractivity contribution in [2.75, 3.05) is 20.8 Å². The van der Waals surface area contributed by atoms with Gasteiger partial charge in [0.2, 0.25) is 0 Å². The maximum atomic E-state index is 12.6. The van der Waals surface area contributed by atoms with E-state index in [4.69, 9.17) is 21.1 Å². The molecule has 1 heterocycles. The Hall–Kier alpha value is -2.44. The zero-order chi connectivity index (χ0) is 19.4. The lowest BCUT2D eigenvalue weighted by Gasteiger charge is -2.12. The average molecular weight is 404 g/mol. The highest BCUT2D eigenvalue weighted by molar-refractivity contribution is 8.18. The molecule has 7 heteroatoms. The van der Waals surface area contributed by atoms with E-state index in [2.05, 4.69) is 0 Å². The first kappa shape index (κ1) is 19.3. The third-order valence-corrected chi connectivity index (χ3v) is 5.28. The summed E-state index contributed by atoms with van der Waals surface area (Å²) in [5.41, 5.74) is 1.73. The zero-order valence-corrected chi connectivity index (χ0v) is 16.5. The van der Waals surface area contributed by atoms with Crippen molar-refractivity contribution in [1.29, 1.82) is 0 Å². The van der Waals surface area contributed by atoms with Crippen LogP contribution in [0.3, 0.4) is 0 Å². The molecular formula is C20H18ClNO4S. The van der Waals surface area contributed by atoms with Gasteiger partial charge in [0.1, 0.15) is 0 Å². The predicted octanol–water partition coefficient (Wildman–Crippen LogP) is 4.64. The number of hydrogen-bond acceptors (Lipinski definition) is 5. The van der Waals surface area contributed by atoms with E-state index in [1.165, 1.54) is 19.1 Å². The Morgan fingerprint density at radius 2 is 1.85 bits per heavy atom. The minimum absolute atomic E-state index is 0.270. The van der Waals surface area contributed by atoms with Crippen LogP contribution in [0, 0.1) is 0 Å². The van der Waals surface area contributed by atoms with Crippen molar-refractivity contribution in [3.63, 3.8) is 0 Å². The minimum atomic E-state index is -0.299.